The highest BCUT2D eigenvalue weighted by molar-refractivity contribution is 6.03. The molecule has 0 aliphatic carbocycles. The highest BCUT2D eigenvalue weighted by Crippen LogP contribution is 2.27. The number of aryl methyl sites for hydroxylation is 1. The molecule has 0 aliphatic rings. The van der Waals surface area contributed by atoms with Crippen LogP contribution in [0.3, 0.4) is 0 Å². The zero-order valence-corrected chi connectivity index (χ0v) is 16.8. The predicted molar refractivity (Wildman–Crippen MR) is 115 cm³/mol. The Morgan fingerprint density at radius 2 is 1.93 bits per heavy atom. The summed E-state index contributed by atoms with van der Waals surface area (Å²) in [6.07, 6.45) is 0. The minimum atomic E-state index is -0.255. The Morgan fingerprint density at radius 3 is 2.69 bits per heavy atom. The number of fused-ring (bicyclic) bond motifs is 2. The van der Waals surface area contributed by atoms with Crippen LogP contribution in [0.2, 0.25) is 0 Å². The quantitative estimate of drug-likeness (QED) is 0.525. The van der Waals surface area contributed by atoms with Gasteiger partial charge in [0.1, 0.15) is 5.75 Å². The first-order chi connectivity index (χ1) is 14.0. The molecule has 0 atom stereocenters. The number of nitrogens with zero attached hydrogens (tertiary/aromatic N) is 3. The molecule has 4 rings (SSSR count). The van der Waals surface area contributed by atoms with Crippen molar-refractivity contribution in [3.8, 4) is 5.75 Å². The van der Waals surface area contributed by atoms with Crippen LogP contribution in [-0.2, 0) is 11.3 Å². The summed E-state index contributed by atoms with van der Waals surface area (Å²) in [7, 11) is 0. The molecule has 0 saturated heterocycles. The van der Waals surface area contributed by atoms with Gasteiger partial charge in [0, 0.05) is 11.9 Å². The first-order valence-corrected chi connectivity index (χ1v) is 9.75. The van der Waals surface area contributed by atoms with Crippen molar-refractivity contribution in [2.45, 2.75) is 27.3 Å². The van der Waals surface area contributed by atoms with Gasteiger partial charge < -0.3 is 10.1 Å². The second kappa shape index (κ2) is 7.91. The van der Waals surface area contributed by atoms with E-state index in [1.54, 1.807) is 0 Å². The highest BCUT2D eigenvalue weighted by Gasteiger charge is 2.16. The normalized spacial score (nSPS) is 11.3. The van der Waals surface area contributed by atoms with Gasteiger partial charge in [0.25, 0.3) is 5.91 Å². The average molecular weight is 388 g/mol. The number of hydrogen-bond donors (Lipinski definition) is 1. The number of aromatic nitrogens is 3. The van der Waals surface area contributed by atoms with Gasteiger partial charge in [-0.05, 0) is 43.2 Å². The lowest BCUT2D eigenvalue weighted by atomic mass is 10.1. The van der Waals surface area contributed by atoms with Crippen LogP contribution in [-0.4, -0.2) is 27.3 Å². The SMILES string of the molecule is Cc1ccc2nc3c(cc2c1)c(NC(=O)COc1ccccc1)nn3CC(C)C. The van der Waals surface area contributed by atoms with E-state index in [-0.39, 0.29) is 12.5 Å². The maximum absolute atomic E-state index is 12.5. The maximum atomic E-state index is 12.5. The van der Waals surface area contributed by atoms with Crippen LogP contribution >= 0.6 is 0 Å². The van der Waals surface area contributed by atoms with Crippen molar-refractivity contribution >= 4 is 33.7 Å². The summed E-state index contributed by atoms with van der Waals surface area (Å²) >= 11 is 0. The molecule has 0 radical (unpaired) electrons. The summed E-state index contributed by atoms with van der Waals surface area (Å²) < 4.78 is 7.42. The molecule has 148 valence electrons. The number of para-hydroxylation sites is 1. The molecule has 1 N–H and O–H groups in total. The van der Waals surface area contributed by atoms with Gasteiger partial charge in [-0.25, -0.2) is 9.67 Å². The Hall–Kier alpha value is -3.41. The molecule has 2 aromatic carbocycles. The third kappa shape index (κ3) is 4.21. The van der Waals surface area contributed by atoms with Crippen molar-refractivity contribution < 1.29 is 9.53 Å². The number of carbonyl (C=O) groups is 1. The molecule has 4 aromatic rings. The van der Waals surface area contributed by atoms with Crippen molar-refractivity contribution in [2.24, 2.45) is 5.92 Å². The van der Waals surface area contributed by atoms with Crippen molar-refractivity contribution in [1.29, 1.82) is 0 Å². The fraction of sp³-hybridized carbons (Fsp3) is 0.261. The van der Waals surface area contributed by atoms with Crippen LogP contribution in [0.15, 0.2) is 54.6 Å². The molecule has 0 unspecified atom stereocenters. The van der Waals surface area contributed by atoms with Crippen LogP contribution < -0.4 is 10.1 Å². The number of carbonyl (C=O) groups excluding carboxylic acids is 1. The molecular formula is C23H24N4O2. The van der Waals surface area contributed by atoms with Crippen LogP contribution in [0.1, 0.15) is 19.4 Å². The molecule has 2 aromatic heterocycles. The van der Waals surface area contributed by atoms with Gasteiger partial charge in [-0.1, -0.05) is 43.7 Å². The zero-order chi connectivity index (χ0) is 20.4. The van der Waals surface area contributed by atoms with E-state index in [9.17, 15) is 4.79 Å². The molecule has 0 spiro atoms. The molecule has 6 nitrogen and oxygen atoms in total. The van der Waals surface area contributed by atoms with Crippen LogP contribution in [0, 0.1) is 12.8 Å². The lowest BCUT2D eigenvalue weighted by molar-refractivity contribution is -0.118. The second-order valence-corrected chi connectivity index (χ2v) is 7.63. The Bertz CT molecular complexity index is 1170. The van der Waals surface area contributed by atoms with E-state index in [2.05, 4.69) is 37.3 Å². The van der Waals surface area contributed by atoms with Crippen molar-refractivity contribution in [3.63, 3.8) is 0 Å². The van der Waals surface area contributed by atoms with E-state index in [1.165, 1.54) is 0 Å². The summed E-state index contributed by atoms with van der Waals surface area (Å²) in [5, 5.41) is 9.38. The van der Waals surface area contributed by atoms with Gasteiger partial charge >= 0.3 is 0 Å². The van der Waals surface area contributed by atoms with E-state index in [1.807, 2.05) is 53.2 Å². The van der Waals surface area contributed by atoms with Crippen LogP contribution in [0.4, 0.5) is 5.82 Å². The molecule has 0 saturated carbocycles. The summed E-state index contributed by atoms with van der Waals surface area (Å²) in [6.45, 7) is 6.95. The van der Waals surface area contributed by atoms with E-state index in [4.69, 9.17) is 9.72 Å². The number of benzene rings is 2. The number of amides is 1. The van der Waals surface area contributed by atoms with E-state index in [0.717, 1.165) is 34.0 Å². The minimum absolute atomic E-state index is 0.0807. The number of pyridine rings is 1. The fourth-order valence-corrected chi connectivity index (χ4v) is 3.28. The predicted octanol–water partition coefficient (Wildman–Crippen LogP) is 4.57. The molecule has 29 heavy (non-hydrogen) atoms. The first kappa shape index (κ1) is 18.9. The Morgan fingerprint density at radius 1 is 1.14 bits per heavy atom. The zero-order valence-electron chi connectivity index (χ0n) is 16.8. The number of ether oxygens (including phenoxy) is 1. The number of hydrogen-bond acceptors (Lipinski definition) is 4. The third-order valence-corrected chi connectivity index (χ3v) is 4.58. The molecular weight excluding hydrogens is 364 g/mol. The first-order valence-electron chi connectivity index (χ1n) is 9.75. The van der Waals surface area contributed by atoms with Crippen molar-refractivity contribution in [3.05, 3.63) is 60.2 Å². The fourth-order valence-electron chi connectivity index (χ4n) is 3.28. The smallest absolute Gasteiger partial charge is 0.263 e. The molecule has 0 aliphatic heterocycles. The largest absolute Gasteiger partial charge is 0.484 e. The summed E-state index contributed by atoms with van der Waals surface area (Å²) in [5.74, 6) is 1.31. The van der Waals surface area contributed by atoms with E-state index in [0.29, 0.717) is 17.5 Å². The topological polar surface area (TPSA) is 69.0 Å². The van der Waals surface area contributed by atoms with Gasteiger partial charge in [0.2, 0.25) is 0 Å². The van der Waals surface area contributed by atoms with E-state index >= 15 is 0 Å². The van der Waals surface area contributed by atoms with Gasteiger partial charge in [0.05, 0.1) is 10.9 Å². The van der Waals surface area contributed by atoms with Gasteiger partial charge in [0.15, 0.2) is 18.1 Å². The van der Waals surface area contributed by atoms with Crippen molar-refractivity contribution in [1.82, 2.24) is 14.8 Å². The average Bonchev–Trinajstić information content (AvgIpc) is 3.01. The second-order valence-electron chi connectivity index (χ2n) is 7.63. The van der Waals surface area contributed by atoms with Gasteiger partial charge in [-0.2, -0.15) is 5.10 Å². The highest BCUT2D eigenvalue weighted by atomic mass is 16.5. The monoisotopic (exact) mass is 388 g/mol. The summed E-state index contributed by atoms with van der Waals surface area (Å²) in [4.78, 5) is 17.3. The summed E-state index contributed by atoms with van der Waals surface area (Å²) in [6, 6.07) is 17.5. The number of nitrogens with one attached hydrogen (secondary N) is 1. The molecule has 1 amide bonds. The molecule has 0 bridgehead atoms. The van der Waals surface area contributed by atoms with Crippen molar-refractivity contribution in [2.75, 3.05) is 11.9 Å². The standard InChI is InChI=1S/C23H24N4O2/c1-15(2)13-27-23-19(12-17-11-16(3)9-10-20(17)24-23)22(26-27)25-21(28)14-29-18-7-5-4-6-8-18/h4-12,15H,13-14H2,1-3H3,(H,25,26,28). The minimum Gasteiger partial charge on any atom is -0.484 e. The Balaban J connectivity index is 1.65. The van der Waals surface area contributed by atoms with Gasteiger partial charge in [-0.3, -0.25) is 4.79 Å². The third-order valence-electron chi connectivity index (χ3n) is 4.58. The number of anilines is 1. The van der Waals surface area contributed by atoms with Crippen LogP contribution in [0.5, 0.6) is 5.75 Å². The Labute approximate surface area is 169 Å². The lowest BCUT2D eigenvalue weighted by Gasteiger charge is -2.06. The maximum Gasteiger partial charge on any atom is 0.263 e. The molecule has 6 heteroatoms. The Kier molecular flexibility index (Phi) is 5.16. The molecule has 0 fully saturated rings. The van der Waals surface area contributed by atoms with E-state index < -0.39 is 0 Å². The molecule has 2 heterocycles. The van der Waals surface area contributed by atoms with Crippen LogP contribution in [0.25, 0.3) is 21.9 Å². The van der Waals surface area contributed by atoms with Gasteiger partial charge in [-0.15, -0.1) is 0 Å². The summed E-state index contributed by atoms with van der Waals surface area (Å²) in [5.41, 5.74) is 2.85. The number of rotatable bonds is 6. The lowest BCUT2D eigenvalue weighted by Crippen LogP contribution is -2.20.